The SMILES string of the molecule is OCCN1CCN(CCN2CCCC2)CC1. The highest BCUT2D eigenvalue weighted by Gasteiger charge is 2.17. The van der Waals surface area contributed by atoms with Crippen LogP contribution in [0, 0.1) is 0 Å². The maximum absolute atomic E-state index is 8.87. The first-order valence-corrected chi connectivity index (χ1v) is 6.66. The third-order valence-electron chi connectivity index (χ3n) is 3.81. The van der Waals surface area contributed by atoms with Gasteiger partial charge in [-0.15, -0.1) is 0 Å². The molecule has 16 heavy (non-hydrogen) atoms. The normalized spacial score (nSPS) is 25.3. The Morgan fingerprint density at radius 3 is 1.56 bits per heavy atom. The van der Waals surface area contributed by atoms with Gasteiger partial charge in [-0.3, -0.25) is 9.80 Å². The largest absolute Gasteiger partial charge is 0.395 e. The summed E-state index contributed by atoms with van der Waals surface area (Å²) in [4.78, 5) is 7.50. The Labute approximate surface area is 98.8 Å². The maximum Gasteiger partial charge on any atom is 0.0558 e. The quantitative estimate of drug-likeness (QED) is 0.698. The van der Waals surface area contributed by atoms with E-state index in [4.69, 9.17) is 5.11 Å². The third-order valence-corrected chi connectivity index (χ3v) is 3.81. The molecule has 0 atom stereocenters. The van der Waals surface area contributed by atoms with Gasteiger partial charge in [-0.25, -0.2) is 0 Å². The number of nitrogens with zero attached hydrogens (tertiary/aromatic N) is 3. The fraction of sp³-hybridized carbons (Fsp3) is 1.00. The van der Waals surface area contributed by atoms with Gasteiger partial charge in [0.15, 0.2) is 0 Å². The van der Waals surface area contributed by atoms with Gasteiger partial charge in [0.2, 0.25) is 0 Å². The van der Waals surface area contributed by atoms with Crippen LogP contribution in [-0.2, 0) is 0 Å². The van der Waals surface area contributed by atoms with Crippen molar-refractivity contribution >= 4 is 0 Å². The number of piperazine rings is 1. The predicted molar refractivity (Wildman–Crippen MR) is 65.6 cm³/mol. The molecule has 2 aliphatic rings. The van der Waals surface area contributed by atoms with Gasteiger partial charge in [-0.2, -0.15) is 0 Å². The minimum Gasteiger partial charge on any atom is -0.395 e. The van der Waals surface area contributed by atoms with Crippen molar-refractivity contribution in [3.05, 3.63) is 0 Å². The van der Waals surface area contributed by atoms with Gasteiger partial charge in [0.05, 0.1) is 6.61 Å². The summed E-state index contributed by atoms with van der Waals surface area (Å²) < 4.78 is 0. The van der Waals surface area contributed by atoms with Gasteiger partial charge < -0.3 is 10.0 Å². The second-order valence-electron chi connectivity index (χ2n) is 4.96. The zero-order valence-electron chi connectivity index (χ0n) is 10.3. The molecule has 0 aromatic heterocycles. The Morgan fingerprint density at radius 2 is 1.06 bits per heavy atom. The van der Waals surface area contributed by atoms with Crippen LogP contribution in [0.25, 0.3) is 0 Å². The number of aliphatic hydroxyl groups is 1. The molecule has 0 radical (unpaired) electrons. The molecule has 2 rings (SSSR count). The molecule has 2 aliphatic heterocycles. The Morgan fingerprint density at radius 1 is 0.625 bits per heavy atom. The van der Waals surface area contributed by atoms with E-state index in [9.17, 15) is 0 Å². The molecular formula is C12H25N3O. The first kappa shape index (κ1) is 12.3. The molecule has 0 bridgehead atoms. The van der Waals surface area contributed by atoms with Gasteiger partial charge in [0.1, 0.15) is 0 Å². The van der Waals surface area contributed by atoms with E-state index in [-0.39, 0.29) is 0 Å². The standard InChI is InChI=1S/C12H25N3O/c16-12-11-15-9-7-14(8-10-15)6-5-13-3-1-2-4-13/h16H,1-12H2. The lowest BCUT2D eigenvalue weighted by molar-refractivity contribution is 0.106. The monoisotopic (exact) mass is 227 g/mol. The van der Waals surface area contributed by atoms with E-state index in [0.29, 0.717) is 6.61 Å². The van der Waals surface area contributed by atoms with E-state index in [2.05, 4.69) is 14.7 Å². The highest BCUT2D eigenvalue weighted by atomic mass is 16.3. The number of hydrogen-bond donors (Lipinski definition) is 1. The number of β-amino-alcohol motifs (C(OH)–C–C–N with tert-alkyl or cyclic N) is 1. The van der Waals surface area contributed by atoms with Crippen LogP contribution in [0.15, 0.2) is 0 Å². The van der Waals surface area contributed by atoms with Crippen LogP contribution < -0.4 is 0 Å². The Kier molecular flexibility index (Phi) is 5.03. The van der Waals surface area contributed by atoms with Crippen molar-refractivity contribution in [1.29, 1.82) is 0 Å². The first-order chi connectivity index (χ1) is 7.88. The summed E-state index contributed by atoms with van der Waals surface area (Å²) in [6.45, 7) is 10.8. The Hall–Kier alpha value is -0.160. The minimum atomic E-state index is 0.299. The van der Waals surface area contributed by atoms with Crippen molar-refractivity contribution in [2.24, 2.45) is 0 Å². The van der Waals surface area contributed by atoms with Crippen molar-refractivity contribution in [2.75, 3.05) is 65.5 Å². The average Bonchev–Trinajstić information content (AvgIpc) is 2.82. The Bertz CT molecular complexity index is 187. The van der Waals surface area contributed by atoms with E-state index >= 15 is 0 Å². The fourth-order valence-corrected chi connectivity index (χ4v) is 2.67. The van der Waals surface area contributed by atoms with Crippen LogP contribution >= 0.6 is 0 Å². The van der Waals surface area contributed by atoms with Gasteiger partial charge in [-0.05, 0) is 25.9 Å². The summed E-state index contributed by atoms with van der Waals surface area (Å²) in [6.07, 6.45) is 2.79. The molecule has 0 aromatic carbocycles. The average molecular weight is 227 g/mol. The van der Waals surface area contributed by atoms with E-state index in [1.165, 1.54) is 52.1 Å². The van der Waals surface area contributed by atoms with Crippen LogP contribution in [0.3, 0.4) is 0 Å². The number of likely N-dealkylation sites (tertiary alicyclic amines) is 1. The summed E-state index contributed by atoms with van der Waals surface area (Å²) in [7, 11) is 0. The second-order valence-corrected chi connectivity index (χ2v) is 4.96. The van der Waals surface area contributed by atoms with Crippen LogP contribution in [-0.4, -0.2) is 85.3 Å². The molecule has 0 spiro atoms. The van der Waals surface area contributed by atoms with Crippen LogP contribution in [0.5, 0.6) is 0 Å². The highest BCUT2D eigenvalue weighted by molar-refractivity contribution is 4.74. The molecular weight excluding hydrogens is 202 g/mol. The smallest absolute Gasteiger partial charge is 0.0558 e. The van der Waals surface area contributed by atoms with Crippen molar-refractivity contribution in [3.8, 4) is 0 Å². The highest BCUT2D eigenvalue weighted by Crippen LogP contribution is 2.07. The number of aliphatic hydroxyl groups excluding tert-OH is 1. The lowest BCUT2D eigenvalue weighted by Crippen LogP contribution is -2.48. The summed E-state index contributed by atoms with van der Waals surface area (Å²) in [5.41, 5.74) is 0. The summed E-state index contributed by atoms with van der Waals surface area (Å²) >= 11 is 0. The van der Waals surface area contributed by atoms with E-state index in [1.807, 2.05) is 0 Å². The second kappa shape index (κ2) is 6.55. The predicted octanol–water partition coefficient (Wildman–Crippen LogP) is -0.308. The maximum atomic E-state index is 8.87. The van der Waals surface area contributed by atoms with E-state index in [0.717, 1.165) is 19.6 Å². The zero-order chi connectivity index (χ0) is 11.2. The van der Waals surface area contributed by atoms with Crippen molar-refractivity contribution in [3.63, 3.8) is 0 Å². The molecule has 2 heterocycles. The molecule has 0 saturated carbocycles. The third kappa shape index (κ3) is 3.70. The van der Waals surface area contributed by atoms with Crippen molar-refractivity contribution < 1.29 is 5.11 Å². The van der Waals surface area contributed by atoms with Crippen molar-refractivity contribution in [1.82, 2.24) is 14.7 Å². The van der Waals surface area contributed by atoms with E-state index < -0.39 is 0 Å². The molecule has 0 amide bonds. The molecule has 2 saturated heterocycles. The Balaban J connectivity index is 1.57. The van der Waals surface area contributed by atoms with E-state index in [1.54, 1.807) is 0 Å². The summed E-state index contributed by atoms with van der Waals surface area (Å²) in [5.74, 6) is 0. The molecule has 0 aromatic rings. The van der Waals surface area contributed by atoms with Gasteiger partial charge in [-0.1, -0.05) is 0 Å². The van der Waals surface area contributed by atoms with Gasteiger partial charge in [0, 0.05) is 45.8 Å². The van der Waals surface area contributed by atoms with Gasteiger partial charge >= 0.3 is 0 Å². The molecule has 4 nitrogen and oxygen atoms in total. The van der Waals surface area contributed by atoms with Crippen molar-refractivity contribution in [2.45, 2.75) is 12.8 Å². The molecule has 94 valence electrons. The number of hydrogen-bond acceptors (Lipinski definition) is 4. The van der Waals surface area contributed by atoms with Crippen LogP contribution in [0.2, 0.25) is 0 Å². The molecule has 2 fully saturated rings. The lowest BCUT2D eigenvalue weighted by Gasteiger charge is -2.35. The fourth-order valence-electron chi connectivity index (χ4n) is 2.67. The molecule has 0 aliphatic carbocycles. The summed E-state index contributed by atoms with van der Waals surface area (Å²) in [6, 6.07) is 0. The zero-order valence-corrected chi connectivity index (χ0v) is 10.3. The molecule has 1 N–H and O–H groups in total. The lowest BCUT2D eigenvalue weighted by atomic mass is 10.3. The number of rotatable bonds is 5. The first-order valence-electron chi connectivity index (χ1n) is 6.66. The topological polar surface area (TPSA) is 30.0 Å². The molecule has 4 heteroatoms. The van der Waals surface area contributed by atoms with Gasteiger partial charge in [0.25, 0.3) is 0 Å². The summed E-state index contributed by atoms with van der Waals surface area (Å²) in [5, 5.41) is 8.87. The molecule has 0 unspecified atom stereocenters. The van der Waals surface area contributed by atoms with Crippen LogP contribution in [0.1, 0.15) is 12.8 Å². The minimum absolute atomic E-state index is 0.299. The van der Waals surface area contributed by atoms with Crippen LogP contribution in [0.4, 0.5) is 0 Å².